The van der Waals surface area contributed by atoms with Crippen molar-refractivity contribution in [3.63, 3.8) is 0 Å². The molecule has 0 aliphatic heterocycles. The van der Waals surface area contributed by atoms with Crippen LogP contribution >= 0.6 is 7.26 Å². The first-order valence-corrected chi connectivity index (χ1v) is 11.8. The van der Waals surface area contributed by atoms with Crippen molar-refractivity contribution in [2.45, 2.75) is 5.66 Å². The Hall–Kier alpha value is -2.95. The van der Waals surface area contributed by atoms with E-state index in [2.05, 4.69) is 134 Å². The molecule has 4 aromatic carbocycles. The van der Waals surface area contributed by atoms with Gasteiger partial charge in [0.05, 0.1) is 0 Å². The first-order chi connectivity index (χ1) is 13.9. The molecule has 0 saturated heterocycles. The molecular weight excluding hydrogens is 355 g/mol. The summed E-state index contributed by atoms with van der Waals surface area (Å²) in [6, 6.07) is 43.9. The molecule has 0 spiro atoms. The predicted octanol–water partition coefficient (Wildman–Crippen LogP) is 5.64. The zero-order chi connectivity index (χ0) is 19.2. The maximum atomic E-state index is 4.31. The fourth-order valence-electron chi connectivity index (χ4n) is 4.37. The summed E-state index contributed by atoms with van der Waals surface area (Å²) >= 11 is 0. The van der Waals surface area contributed by atoms with E-state index in [4.69, 9.17) is 0 Å². The van der Waals surface area contributed by atoms with Gasteiger partial charge in [0, 0.05) is 0 Å². The van der Waals surface area contributed by atoms with E-state index in [9.17, 15) is 0 Å². The molecule has 0 aromatic heterocycles. The zero-order valence-electron chi connectivity index (χ0n) is 15.9. The maximum absolute atomic E-state index is 4.31. The Kier molecular flexibility index (Phi) is 5.51. The third kappa shape index (κ3) is 3.21. The summed E-state index contributed by atoms with van der Waals surface area (Å²) in [4.78, 5) is 0. The summed E-state index contributed by atoms with van der Waals surface area (Å²) in [5.74, 6) is 0. The van der Waals surface area contributed by atoms with Crippen LogP contribution < -0.4 is 15.9 Å². The molecule has 1 atom stereocenters. The second-order valence-corrected chi connectivity index (χ2v) is 11.0. The Balaban J connectivity index is 2.11. The second kappa shape index (κ2) is 8.38. The molecule has 0 bridgehead atoms. The van der Waals surface area contributed by atoms with E-state index in [0.717, 1.165) is 0 Å². The van der Waals surface area contributed by atoms with Crippen molar-refractivity contribution < 1.29 is 0 Å². The predicted molar refractivity (Wildman–Crippen MR) is 126 cm³/mol. The Morgan fingerprint density at radius 3 is 1.14 bits per heavy atom. The number of allylic oxidation sites excluding steroid dienone is 1. The van der Waals surface area contributed by atoms with E-state index in [0.29, 0.717) is 0 Å². The summed E-state index contributed by atoms with van der Waals surface area (Å²) in [6.07, 6.45) is 2.16. The van der Waals surface area contributed by atoms with Crippen LogP contribution in [0.2, 0.25) is 0 Å². The van der Waals surface area contributed by atoms with Crippen molar-refractivity contribution in [2.24, 2.45) is 0 Å². The average Bonchev–Trinajstić information content (AvgIpc) is 2.80. The number of rotatable bonds is 6. The molecule has 4 aromatic rings. The van der Waals surface area contributed by atoms with E-state index in [1.807, 2.05) is 0 Å². The summed E-state index contributed by atoms with van der Waals surface area (Å²) < 4.78 is 0. The second-order valence-electron chi connectivity index (χ2n) is 7.03. The molecule has 1 unspecified atom stereocenters. The van der Waals surface area contributed by atoms with Crippen LogP contribution in [0.15, 0.2) is 134 Å². The van der Waals surface area contributed by atoms with E-state index < -0.39 is 7.26 Å². The van der Waals surface area contributed by atoms with Crippen LogP contribution in [-0.4, -0.2) is 0 Å². The fraction of sp³-hybridized carbons (Fsp3) is 0.0370. The standard InChI is InChI=1S/C27H25P/c1-2-27(23-15-7-3-8-16-23)28(24-17-9-4-10-18-24,25-19-11-5-12-20-25)26-21-13-6-14-22-26/h2-22,27-28H,1H2. The summed E-state index contributed by atoms with van der Waals surface area (Å²) in [7, 11) is -2.41. The minimum atomic E-state index is -2.41. The van der Waals surface area contributed by atoms with Gasteiger partial charge in [0.1, 0.15) is 0 Å². The molecule has 0 radical (unpaired) electrons. The average molecular weight is 380 g/mol. The van der Waals surface area contributed by atoms with Crippen LogP contribution in [0.25, 0.3) is 0 Å². The zero-order valence-corrected chi connectivity index (χ0v) is 16.9. The molecule has 28 heavy (non-hydrogen) atoms. The summed E-state index contributed by atoms with van der Waals surface area (Å²) in [5, 5.41) is 4.21. The molecule has 0 nitrogen and oxygen atoms in total. The first-order valence-electron chi connectivity index (χ1n) is 9.71. The molecule has 1 heteroatoms. The number of hydrogen-bond acceptors (Lipinski definition) is 0. The molecule has 0 aliphatic rings. The Morgan fingerprint density at radius 1 is 0.500 bits per heavy atom. The first kappa shape index (κ1) is 18.4. The van der Waals surface area contributed by atoms with Gasteiger partial charge in [-0.15, -0.1) is 0 Å². The monoisotopic (exact) mass is 380 g/mol. The van der Waals surface area contributed by atoms with Gasteiger partial charge in [0.15, 0.2) is 0 Å². The number of hydrogen-bond donors (Lipinski definition) is 0. The Morgan fingerprint density at radius 2 is 0.821 bits per heavy atom. The molecule has 0 fully saturated rings. The molecular formula is C27H25P. The van der Waals surface area contributed by atoms with Crippen LogP contribution in [0.1, 0.15) is 11.2 Å². The fourth-order valence-corrected chi connectivity index (χ4v) is 9.64. The van der Waals surface area contributed by atoms with Gasteiger partial charge in [-0.1, -0.05) is 0 Å². The van der Waals surface area contributed by atoms with Gasteiger partial charge in [-0.2, -0.15) is 0 Å². The van der Waals surface area contributed by atoms with Crippen LogP contribution in [0.4, 0.5) is 0 Å². The van der Waals surface area contributed by atoms with Crippen LogP contribution in [0.3, 0.4) is 0 Å². The van der Waals surface area contributed by atoms with Crippen LogP contribution in [0.5, 0.6) is 0 Å². The van der Waals surface area contributed by atoms with Crippen molar-refractivity contribution >= 4 is 23.2 Å². The minimum absolute atomic E-state index is 0.223. The molecule has 0 aliphatic carbocycles. The van der Waals surface area contributed by atoms with Gasteiger partial charge in [-0.25, -0.2) is 0 Å². The van der Waals surface area contributed by atoms with Gasteiger partial charge in [0.2, 0.25) is 0 Å². The van der Waals surface area contributed by atoms with E-state index in [1.54, 1.807) is 0 Å². The third-order valence-electron chi connectivity index (χ3n) is 5.55. The van der Waals surface area contributed by atoms with Crippen molar-refractivity contribution in [1.29, 1.82) is 0 Å². The SMILES string of the molecule is C=CC(c1ccccc1)[PH](c1ccccc1)(c1ccccc1)c1ccccc1. The van der Waals surface area contributed by atoms with Crippen molar-refractivity contribution in [3.8, 4) is 0 Å². The Bertz CT molecular complexity index is 912. The van der Waals surface area contributed by atoms with Gasteiger partial charge < -0.3 is 0 Å². The topological polar surface area (TPSA) is 0 Å². The summed E-state index contributed by atoms with van der Waals surface area (Å²) in [6.45, 7) is 4.31. The van der Waals surface area contributed by atoms with Crippen molar-refractivity contribution in [2.75, 3.05) is 0 Å². The molecule has 0 N–H and O–H groups in total. The van der Waals surface area contributed by atoms with Gasteiger partial charge in [-0.3, -0.25) is 0 Å². The van der Waals surface area contributed by atoms with Gasteiger partial charge >= 0.3 is 168 Å². The quantitative estimate of drug-likeness (QED) is 0.300. The third-order valence-corrected chi connectivity index (χ3v) is 10.8. The van der Waals surface area contributed by atoms with Crippen molar-refractivity contribution in [1.82, 2.24) is 0 Å². The Labute approximate surface area is 168 Å². The van der Waals surface area contributed by atoms with E-state index >= 15 is 0 Å². The van der Waals surface area contributed by atoms with E-state index in [-0.39, 0.29) is 5.66 Å². The normalized spacial score (nSPS) is 12.9. The van der Waals surface area contributed by atoms with Gasteiger partial charge in [0.25, 0.3) is 0 Å². The van der Waals surface area contributed by atoms with Gasteiger partial charge in [-0.05, 0) is 0 Å². The molecule has 4 rings (SSSR count). The molecule has 138 valence electrons. The molecule has 0 heterocycles. The molecule has 0 saturated carbocycles. The summed E-state index contributed by atoms with van der Waals surface area (Å²) in [5.41, 5.74) is 1.54. The van der Waals surface area contributed by atoms with E-state index in [1.165, 1.54) is 21.5 Å². The number of benzene rings is 4. The molecule has 0 amide bonds. The van der Waals surface area contributed by atoms with Crippen molar-refractivity contribution in [3.05, 3.63) is 140 Å². The van der Waals surface area contributed by atoms with Crippen LogP contribution in [-0.2, 0) is 0 Å². The van der Waals surface area contributed by atoms with Crippen LogP contribution in [0, 0.1) is 0 Å².